The van der Waals surface area contributed by atoms with E-state index in [1.54, 1.807) is 0 Å². The second-order valence-corrected chi connectivity index (χ2v) is 10.4. The van der Waals surface area contributed by atoms with Gasteiger partial charge in [-0.1, -0.05) is 57.2 Å². The second-order valence-electron chi connectivity index (χ2n) is 10.4. The Kier molecular flexibility index (Phi) is 7.93. The fraction of sp³-hybridized carbons (Fsp3) is 0.533. The van der Waals surface area contributed by atoms with E-state index in [1.807, 2.05) is 6.08 Å². The van der Waals surface area contributed by atoms with Crippen molar-refractivity contribution in [3.8, 4) is 0 Å². The van der Waals surface area contributed by atoms with Crippen LogP contribution in [-0.4, -0.2) is 54.1 Å². The summed E-state index contributed by atoms with van der Waals surface area (Å²) in [4.78, 5) is 8.94. The Hall–Kier alpha value is -2.10. The van der Waals surface area contributed by atoms with Crippen LogP contribution < -0.4 is 0 Å². The predicted octanol–water partition coefficient (Wildman–Crippen LogP) is 6.92. The van der Waals surface area contributed by atoms with Crippen molar-refractivity contribution >= 4 is 16.5 Å². The van der Waals surface area contributed by atoms with Crippen LogP contribution >= 0.6 is 0 Å². The molecular formula is C30H43N3. The zero-order valence-corrected chi connectivity index (χ0v) is 21.2. The highest BCUT2D eigenvalue weighted by atomic mass is 15.2. The van der Waals surface area contributed by atoms with Crippen LogP contribution in [0.1, 0.15) is 68.7 Å². The Bertz CT molecular complexity index is 995. The average Bonchev–Trinajstić information content (AvgIpc) is 3.17. The molecule has 1 N–H and O–H groups in total. The van der Waals surface area contributed by atoms with Crippen molar-refractivity contribution in [2.24, 2.45) is 5.92 Å². The highest BCUT2D eigenvalue weighted by molar-refractivity contribution is 5.91. The molecule has 2 saturated heterocycles. The van der Waals surface area contributed by atoms with Crippen LogP contribution in [0.2, 0.25) is 0 Å². The quantitative estimate of drug-likeness (QED) is 0.467. The van der Waals surface area contributed by atoms with Crippen molar-refractivity contribution < 1.29 is 0 Å². The maximum absolute atomic E-state index is 3.95. The van der Waals surface area contributed by atoms with Crippen LogP contribution in [0.25, 0.3) is 16.5 Å². The molecular weight excluding hydrogens is 402 g/mol. The van der Waals surface area contributed by atoms with E-state index in [4.69, 9.17) is 0 Å². The number of aromatic amines is 1. The molecule has 1 unspecified atom stereocenters. The van der Waals surface area contributed by atoms with Crippen LogP contribution in [-0.2, 0) is 0 Å². The van der Waals surface area contributed by atoms with E-state index < -0.39 is 0 Å². The van der Waals surface area contributed by atoms with Crippen LogP contribution in [0.4, 0.5) is 0 Å². The van der Waals surface area contributed by atoms with Crippen molar-refractivity contribution in [1.82, 2.24) is 14.8 Å². The highest BCUT2D eigenvalue weighted by Crippen LogP contribution is 2.34. The molecule has 1 aromatic carbocycles. The molecule has 0 bridgehead atoms. The first kappa shape index (κ1) is 24.0. The molecule has 0 spiro atoms. The minimum atomic E-state index is 0.579. The molecule has 3 heterocycles. The lowest BCUT2D eigenvalue weighted by Gasteiger charge is -2.41. The maximum atomic E-state index is 3.95. The standard InChI is InChI=1S/C30H43N3/c1-6-8-25(10-9-22(3)7-2)30-23(4)28-21-26(11-12-29(28)31-30)24-13-19-33(20-14-24)27-15-17-32(5)18-16-27/h6,8-12,21-22,24,27,31H,1,7,13-20H2,2-5H3/b10-9-,25-8+. The Morgan fingerprint density at radius 3 is 2.55 bits per heavy atom. The Morgan fingerprint density at radius 1 is 1.15 bits per heavy atom. The van der Waals surface area contributed by atoms with Gasteiger partial charge in [-0.15, -0.1) is 0 Å². The number of aryl methyl sites for hydroxylation is 1. The molecule has 1 aromatic heterocycles. The summed E-state index contributed by atoms with van der Waals surface area (Å²) >= 11 is 0. The third-order valence-electron chi connectivity index (χ3n) is 8.12. The summed E-state index contributed by atoms with van der Waals surface area (Å²) in [5.74, 6) is 1.26. The average molecular weight is 446 g/mol. The van der Waals surface area contributed by atoms with Gasteiger partial charge in [0.1, 0.15) is 0 Å². The summed E-state index contributed by atoms with van der Waals surface area (Å²) in [6.07, 6.45) is 15.0. The van der Waals surface area contributed by atoms with Gasteiger partial charge in [0.2, 0.25) is 0 Å². The lowest BCUT2D eigenvalue weighted by atomic mass is 9.87. The van der Waals surface area contributed by atoms with E-state index in [2.05, 4.69) is 85.6 Å². The third-order valence-corrected chi connectivity index (χ3v) is 8.12. The number of H-pyrrole nitrogens is 1. The van der Waals surface area contributed by atoms with E-state index in [0.717, 1.165) is 12.5 Å². The lowest BCUT2D eigenvalue weighted by molar-refractivity contribution is 0.0966. The molecule has 0 aliphatic carbocycles. The van der Waals surface area contributed by atoms with Gasteiger partial charge in [-0.3, -0.25) is 0 Å². The molecule has 2 aliphatic rings. The van der Waals surface area contributed by atoms with E-state index in [1.165, 1.54) is 85.2 Å². The number of likely N-dealkylation sites (tertiary alicyclic amines) is 2. The zero-order chi connectivity index (χ0) is 23.4. The normalized spacial score (nSPS) is 21.3. The van der Waals surface area contributed by atoms with E-state index in [-0.39, 0.29) is 0 Å². The first-order valence-electron chi connectivity index (χ1n) is 13.1. The molecule has 0 saturated carbocycles. The number of rotatable bonds is 7. The second kappa shape index (κ2) is 10.9. The molecule has 33 heavy (non-hydrogen) atoms. The van der Waals surface area contributed by atoms with Gasteiger partial charge < -0.3 is 14.8 Å². The van der Waals surface area contributed by atoms with Crippen molar-refractivity contribution in [3.05, 3.63) is 65.9 Å². The largest absolute Gasteiger partial charge is 0.354 e. The third kappa shape index (κ3) is 5.53. The van der Waals surface area contributed by atoms with Gasteiger partial charge in [0.25, 0.3) is 0 Å². The van der Waals surface area contributed by atoms with E-state index in [0.29, 0.717) is 11.8 Å². The fourth-order valence-electron chi connectivity index (χ4n) is 5.60. The molecule has 178 valence electrons. The number of nitrogens with one attached hydrogen (secondary N) is 1. The summed E-state index contributed by atoms with van der Waals surface area (Å²) in [5, 5.41) is 1.37. The number of hydrogen-bond acceptors (Lipinski definition) is 2. The van der Waals surface area contributed by atoms with Gasteiger partial charge in [-0.2, -0.15) is 0 Å². The molecule has 3 nitrogen and oxygen atoms in total. The summed E-state index contributed by atoms with van der Waals surface area (Å²) < 4.78 is 0. The monoisotopic (exact) mass is 445 g/mol. The SMILES string of the molecule is C=C/C=C(\C=C/C(C)CC)c1[nH]c2ccc(C3CCN(C4CCN(C)CC4)CC3)cc2c1C. The molecule has 0 radical (unpaired) electrons. The Balaban J connectivity index is 1.49. The van der Waals surface area contributed by atoms with Gasteiger partial charge in [-0.05, 0) is 107 Å². The number of aromatic nitrogens is 1. The van der Waals surface area contributed by atoms with Crippen LogP contribution in [0.3, 0.4) is 0 Å². The lowest BCUT2D eigenvalue weighted by Crippen LogP contribution is -2.46. The number of fused-ring (bicyclic) bond motifs is 1. The maximum Gasteiger partial charge on any atom is 0.0494 e. The Morgan fingerprint density at radius 2 is 1.88 bits per heavy atom. The van der Waals surface area contributed by atoms with E-state index >= 15 is 0 Å². The van der Waals surface area contributed by atoms with Gasteiger partial charge in [-0.25, -0.2) is 0 Å². The molecule has 3 heteroatoms. The van der Waals surface area contributed by atoms with Gasteiger partial charge >= 0.3 is 0 Å². The van der Waals surface area contributed by atoms with E-state index in [9.17, 15) is 0 Å². The molecule has 1 atom stereocenters. The predicted molar refractivity (Wildman–Crippen MR) is 144 cm³/mol. The number of allylic oxidation sites excluding steroid dienone is 5. The molecule has 2 aliphatic heterocycles. The summed E-state index contributed by atoms with van der Waals surface area (Å²) in [5.41, 5.74) is 6.54. The highest BCUT2D eigenvalue weighted by Gasteiger charge is 2.28. The van der Waals surface area contributed by atoms with Crippen molar-refractivity contribution in [3.63, 3.8) is 0 Å². The smallest absolute Gasteiger partial charge is 0.0494 e. The van der Waals surface area contributed by atoms with Crippen LogP contribution in [0.15, 0.2) is 49.1 Å². The van der Waals surface area contributed by atoms with Crippen molar-refractivity contribution in [2.75, 3.05) is 33.2 Å². The van der Waals surface area contributed by atoms with Gasteiger partial charge in [0.05, 0.1) is 0 Å². The minimum absolute atomic E-state index is 0.579. The number of nitrogens with zero attached hydrogens (tertiary/aromatic N) is 2. The molecule has 4 rings (SSSR count). The minimum Gasteiger partial charge on any atom is -0.354 e. The first-order chi connectivity index (χ1) is 16.0. The summed E-state index contributed by atoms with van der Waals surface area (Å²) in [6.45, 7) is 15.7. The number of hydrogen-bond donors (Lipinski definition) is 1. The fourth-order valence-corrected chi connectivity index (χ4v) is 5.60. The zero-order valence-electron chi connectivity index (χ0n) is 21.2. The van der Waals surface area contributed by atoms with Gasteiger partial charge in [0, 0.05) is 22.6 Å². The van der Waals surface area contributed by atoms with Crippen molar-refractivity contribution in [1.29, 1.82) is 0 Å². The topological polar surface area (TPSA) is 22.3 Å². The van der Waals surface area contributed by atoms with Crippen LogP contribution in [0, 0.1) is 12.8 Å². The van der Waals surface area contributed by atoms with Gasteiger partial charge in [0.15, 0.2) is 0 Å². The first-order valence-corrected chi connectivity index (χ1v) is 13.1. The number of benzene rings is 1. The Labute approximate surface area is 201 Å². The van der Waals surface area contributed by atoms with Crippen LogP contribution in [0.5, 0.6) is 0 Å². The number of piperidine rings is 2. The van der Waals surface area contributed by atoms with Crippen molar-refractivity contribution in [2.45, 2.75) is 64.8 Å². The summed E-state index contributed by atoms with van der Waals surface area (Å²) in [7, 11) is 2.26. The summed E-state index contributed by atoms with van der Waals surface area (Å²) in [6, 6.07) is 7.93. The molecule has 2 fully saturated rings. The molecule has 2 aromatic rings. The molecule has 0 amide bonds.